The number of amides is 1. The van der Waals surface area contributed by atoms with Crippen molar-refractivity contribution in [3.05, 3.63) is 77.4 Å². The molecule has 0 atom stereocenters. The van der Waals surface area contributed by atoms with Gasteiger partial charge in [-0.05, 0) is 35.7 Å². The van der Waals surface area contributed by atoms with Gasteiger partial charge in [-0.1, -0.05) is 30.3 Å². The monoisotopic (exact) mass is 434 g/mol. The van der Waals surface area contributed by atoms with Gasteiger partial charge >= 0.3 is 5.97 Å². The first-order valence-electron chi connectivity index (χ1n) is 8.24. The average molecular weight is 434 g/mol. The van der Waals surface area contributed by atoms with Crippen LogP contribution >= 0.6 is 11.3 Å². The van der Waals surface area contributed by atoms with Crippen molar-refractivity contribution < 1.29 is 27.1 Å². The molecule has 3 rings (SSSR count). The molecule has 0 bridgehead atoms. The number of hydrogen-bond donors (Lipinski definition) is 2. The molecule has 0 aliphatic heterocycles. The second-order valence-electron chi connectivity index (χ2n) is 5.69. The van der Waals surface area contributed by atoms with Gasteiger partial charge in [0.05, 0.1) is 16.9 Å². The third-order valence-corrected chi connectivity index (χ3v) is 6.40. The van der Waals surface area contributed by atoms with E-state index in [1.807, 2.05) is 0 Å². The summed E-state index contributed by atoms with van der Waals surface area (Å²) in [5.41, 5.74) is -0.0932. The summed E-state index contributed by atoms with van der Waals surface area (Å²) in [7, 11) is -3.86. The largest absolute Gasteiger partial charge is 0.452 e. The molecule has 0 radical (unpaired) electrons. The van der Waals surface area contributed by atoms with Crippen LogP contribution in [0.5, 0.6) is 0 Å². The van der Waals surface area contributed by atoms with Crippen LogP contribution < -0.4 is 10.0 Å². The summed E-state index contributed by atoms with van der Waals surface area (Å²) in [5.74, 6) is -2.27. The van der Waals surface area contributed by atoms with Crippen LogP contribution in [0, 0.1) is 5.82 Å². The van der Waals surface area contributed by atoms with Crippen LogP contribution in [0.3, 0.4) is 0 Å². The van der Waals surface area contributed by atoms with Crippen molar-refractivity contribution in [2.45, 2.75) is 4.21 Å². The van der Waals surface area contributed by atoms with Crippen LogP contribution in [0.1, 0.15) is 10.4 Å². The maximum atomic E-state index is 13.6. The topological polar surface area (TPSA) is 102 Å². The zero-order chi connectivity index (χ0) is 20.9. The lowest BCUT2D eigenvalue weighted by atomic mass is 10.2. The van der Waals surface area contributed by atoms with Crippen molar-refractivity contribution >= 4 is 44.6 Å². The number of nitrogens with one attached hydrogen (secondary N) is 2. The van der Waals surface area contributed by atoms with E-state index in [1.54, 1.807) is 23.6 Å². The maximum absolute atomic E-state index is 13.6. The van der Waals surface area contributed by atoms with Crippen LogP contribution in [-0.2, 0) is 19.6 Å². The van der Waals surface area contributed by atoms with Crippen molar-refractivity contribution in [2.75, 3.05) is 16.6 Å². The molecule has 2 aromatic carbocycles. The standard InChI is InChI=1S/C19H15FN2O5S2/c20-14-7-2-4-9-16(14)21-17(23)12-27-19(24)13-6-1-3-8-15(13)22-29(25,26)18-10-5-11-28-18/h1-11,22H,12H2,(H,21,23). The van der Waals surface area contributed by atoms with Gasteiger partial charge in [0.2, 0.25) is 0 Å². The Hall–Kier alpha value is -3.24. The third kappa shape index (κ3) is 5.18. The molecule has 7 nitrogen and oxygen atoms in total. The van der Waals surface area contributed by atoms with Gasteiger partial charge in [0.15, 0.2) is 6.61 Å². The fourth-order valence-corrected chi connectivity index (χ4v) is 4.39. The summed E-state index contributed by atoms with van der Waals surface area (Å²) in [6.07, 6.45) is 0. The van der Waals surface area contributed by atoms with Gasteiger partial charge in [-0.15, -0.1) is 11.3 Å². The van der Waals surface area contributed by atoms with Gasteiger partial charge in [0, 0.05) is 0 Å². The van der Waals surface area contributed by atoms with E-state index in [9.17, 15) is 22.4 Å². The second kappa shape index (κ2) is 8.84. The summed E-state index contributed by atoms with van der Waals surface area (Å²) in [6, 6.07) is 14.4. The molecule has 0 unspecified atom stereocenters. The number of halogens is 1. The lowest BCUT2D eigenvalue weighted by molar-refractivity contribution is -0.119. The lowest BCUT2D eigenvalue weighted by Crippen LogP contribution is -2.22. The Morgan fingerprint density at radius 2 is 1.66 bits per heavy atom. The smallest absolute Gasteiger partial charge is 0.340 e. The number of carbonyl (C=O) groups is 2. The molecule has 1 aromatic heterocycles. The molecular weight excluding hydrogens is 419 g/mol. The van der Waals surface area contributed by atoms with Crippen molar-refractivity contribution in [1.29, 1.82) is 0 Å². The number of rotatable bonds is 7. The number of hydrogen-bond acceptors (Lipinski definition) is 6. The highest BCUT2D eigenvalue weighted by molar-refractivity contribution is 7.94. The predicted molar refractivity (Wildman–Crippen MR) is 107 cm³/mol. The van der Waals surface area contributed by atoms with E-state index in [-0.39, 0.29) is 21.1 Å². The highest BCUT2D eigenvalue weighted by atomic mass is 32.2. The zero-order valence-corrected chi connectivity index (χ0v) is 16.4. The van der Waals surface area contributed by atoms with Crippen molar-refractivity contribution in [2.24, 2.45) is 0 Å². The summed E-state index contributed by atoms with van der Waals surface area (Å²) in [4.78, 5) is 24.3. The van der Waals surface area contributed by atoms with Gasteiger partial charge in [0.25, 0.3) is 15.9 Å². The van der Waals surface area contributed by atoms with Gasteiger partial charge < -0.3 is 10.1 Å². The van der Waals surface area contributed by atoms with Gasteiger partial charge in [0.1, 0.15) is 10.0 Å². The first-order valence-corrected chi connectivity index (χ1v) is 10.6. The summed E-state index contributed by atoms with van der Waals surface area (Å²) < 4.78 is 45.7. The highest BCUT2D eigenvalue weighted by Crippen LogP contribution is 2.23. The van der Waals surface area contributed by atoms with E-state index in [0.717, 1.165) is 11.3 Å². The number of esters is 1. The van der Waals surface area contributed by atoms with Crippen LogP contribution in [0.25, 0.3) is 0 Å². The number of benzene rings is 2. The van der Waals surface area contributed by atoms with Crippen molar-refractivity contribution in [3.8, 4) is 0 Å². The Labute approximate surface area is 170 Å². The predicted octanol–water partition coefficient (Wildman–Crippen LogP) is 3.48. The first-order chi connectivity index (χ1) is 13.9. The molecule has 0 aliphatic rings. The zero-order valence-electron chi connectivity index (χ0n) is 14.8. The molecule has 29 heavy (non-hydrogen) atoms. The van der Waals surface area contributed by atoms with Crippen LogP contribution in [0.2, 0.25) is 0 Å². The molecule has 0 aliphatic carbocycles. The number of thiophene rings is 1. The van der Waals surface area contributed by atoms with E-state index in [4.69, 9.17) is 4.74 Å². The molecule has 10 heteroatoms. The third-order valence-electron chi connectivity index (χ3n) is 3.63. The van der Waals surface area contributed by atoms with E-state index in [0.29, 0.717) is 0 Å². The fourth-order valence-electron chi connectivity index (χ4n) is 2.32. The fraction of sp³-hybridized carbons (Fsp3) is 0.0526. The summed E-state index contributed by atoms with van der Waals surface area (Å²) in [5, 5.41) is 3.90. The minimum Gasteiger partial charge on any atom is -0.452 e. The maximum Gasteiger partial charge on any atom is 0.340 e. The number of sulfonamides is 1. The van der Waals surface area contributed by atoms with Crippen molar-refractivity contribution in [3.63, 3.8) is 0 Å². The molecule has 0 saturated carbocycles. The Bertz CT molecular complexity index is 1130. The van der Waals surface area contributed by atoms with Gasteiger partial charge in [-0.25, -0.2) is 17.6 Å². The second-order valence-corrected chi connectivity index (χ2v) is 8.54. The quantitative estimate of drug-likeness (QED) is 0.555. The minimum absolute atomic E-state index is 0.0143. The first kappa shape index (κ1) is 20.5. The van der Waals surface area contributed by atoms with Crippen molar-refractivity contribution in [1.82, 2.24) is 0 Å². The van der Waals surface area contributed by atoms with Gasteiger partial charge in [-0.2, -0.15) is 0 Å². The molecule has 0 spiro atoms. The molecule has 0 saturated heterocycles. The van der Waals surface area contributed by atoms with Crippen LogP contribution in [0.4, 0.5) is 15.8 Å². The molecule has 1 heterocycles. The van der Waals surface area contributed by atoms with E-state index >= 15 is 0 Å². The number of para-hydroxylation sites is 2. The number of ether oxygens (including phenoxy) is 1. The Morgan fingerprint density at radius 3 is 2.34 bits per heavy atom. The van der Waals surface area contributed by atoms with Gasteiger partial charge in [-0.3, -0.25) is 9.52 Å². The number of carbonyl (C=O) groups excluding carboxylic acids is 2. The van der Waals surface area contributed by atoms with E-state index < -0.39 is 34.3 Å². The lowest BCUT2D eigenvalue weighted by Gasteiger charge is -2.12. The average Bonchev–Trinajstić information content (AvgIpc) is 3.24. The molecule has 1 amide bonds. The highest BCUT2D eigenvalue weighted by Gasteiger charge is 2.20. The Kier molecular flexibility index (Phi) is 6.25. The molecular formula is C19H15FN2O5S2. The molecule has 150 valence electrons. The van der Waals surface area contributed by atoms with E-state index in [2.05, 4.69) is 10.0 Å². The Morgan fingerprint density at radius 1 is 0.966 bits per heavy atom. The number of anilines is 2. The minimum atomic E-state index is -3.86. The SMILES string of the molecule is O=C(COC(=O)c1ccccc1NS(=O)(=O)c1cccs1)Nc1ccccc1F. The normalized spacial score (nSPS) is 10.9. The van der Waals surface area contributed by atoms with Crippen LogP contribution in [0.15, 0.2) is 70.3 Å². The van der Waals surface area contributed by atoms with Crippen LogP contribution in [-0.4, -0.2) is 26.9 Å². The molecule has 2 N–H and O–H groups in total. The molecule has 0 fully saturated rings. The summed E-state index contributed by atoms with van der Waals surface area (Å²) >= 11 is 1.03. The summed E-state index contributed by atoms with van der Waals surface area (Å²) in [6.45, 7) is -0.667. The molecule has 3 aromatic rings. The Balaban J connectivity index is 1.67. The van der Waals surface area contributed by atoms with E-state index in [1.165, 1.54) is 42.5 Å².